The topological polar surface area (TPSA) is 46.3 Å². The molecule has 0 radical (unpaired) electrons. The van der Waals surface area contributed by atoms with Gasteiger partial charge in [-0.15, -0.1) is 0 Å². The second-order valence-electron chi connectivity index (χ2n) is 5.01. The van der Waals surface area contributed by atoms with Gasteiger partial charge in [0.1, 0.15) is 0 Å². The Balaban J connectivity index is 1.92. The molecule has 1 atom stereocenters. The van der Waals surface area contributed by atoms with Crippen LogP contribution in [0.5, 0.6) is 0 Å². The van der Waals surface area contributed by atoms with Crippen LogP contribution in [0.15, 0.2) is 40.9 Å². The van der Waals surface area contributed by atoms with Gasteiger partial charge in [0, 0.05) is 29.2 Å². The van der Waals surface area contributed by atoms with Gasteiger partial charge in [-0.2, -0.15) is 0 Å². The largest absolute Gasteiger partial charge is 0.337 e. The monoisotopic (exact) mass is 318 g/mol. The van der Waals surface area contributed by atoms with Crippen LogP contribution in [-0.2, 0) is 0 Å². The molecule has 0 saturated carbocycles. The van der Waals surface area contributed by atoms with Crippen molar-refractivity contribution in [2.75, 3.05) is 13.1 Å². The number of amides is 1. The number of fused-ring (bicyclic) bond motifs is 1. The van der Waals surface area contributed by atoms with Gasteiger partial charge in [0.25, 0.3) is 5.91 Å². The zero-order chi connectivity index (χ0) is 13.4. The summed E-state index contributed by atoms with van der Waals surface area (Å²) in [6.07, 6.45) is 0.895. The first-order valence-electron chi connectivity index (χ1n) is 6.38. The molecule has 1 aliphatic rings. The summed E-state index contributed by atoms with van der Waals surface area (Å²) in [6.45, 7) is 1.43. The molecule has 3 nitrogen and oxygen atoms in total. The van der Waals surface area contributed by atoms with Crippen LogP contribution in [0.3, 0.4) is 0 Å². The van der Waals surface area contributed by atoms with Crippen LogP contribution in [0.4, 0.5) is 0 Å². The third kappa shape index (κ3) is 2.51. The molecule has 4 heteroatoms. The van der Waals surface area contributed by atoms with Crippen molar-refractivity contribution in [2.24, 2.45) is 5.73 Å². The summed E-state index contributed by atoms with van der Waals surface area (Å²) in [6, 6.07) is 12.0. The Kier molecular flexibility index (Phi) is 3.29. The van der Waals surface area contributed by atoms with E-state index in [2.05, 4.69) is 22.0 Å². The molecule has 3 rings (SSSR count). The number of hydrogen-bond acceptors (Lipinski definition) is 2. The Morgan fingerprint density at radius 3 is 2.68 bits per heavy atom. The van der Waals surface area contributed by atoms with Crippen molar-refractivity contribution in [2.45, 2.75) is 12.5 Å². The highest BCUT2D eigenvalue weighted by Crippen LogP contribution is 2.22. The maximum absolute atomic E-state index is 12.4. The third-order valence-electron chi connectivity index (χ3n) is 3.56. The van der Waals surface area contributed by atoms with Gasteiger partial charge < -0.3 is 10.6 Å². The van der Waals surface area contributed by atoms with E-state index in [9.17, 15) is 4.79 Å². The molecule has 0 aliphatic carbocycles. The van der Waals surface area contributed by atoms with Gasteiger partial charge >= 0.3 is 0 Å². The van der Waals surface area contributed by atoms with Crippen molar-refractivity contribution in [3.8, 4) is 0 Å². The van der Waals surface area contributed by atoms with Gasteiger partial charge in [-0.1, -0.05) is 28.1 Å². The first kappa shape index (κ1) is 12.6. The summed E-state index contributed by atoms with van der Waals surface area (Å²) in [5.41, 5.74) is 6.59. The number of rotatable bonds is 1. The van der Waals surface area contributed by atoms with Crippen LogP contribution in [-0.4, -0.2) is 29.9 Å². The number of carbonyl (C=O) groups is 1. The van der Waals surface area contributed by atoms with Crippen molar-refractivity contribution in [1.82, 2.24) is 4.90 Å². The van der Waals surface area contributed by atoms with Crippen molar-refractivity contribution in [1.29, 1.82) is 0 Å². The lowest BCUT2D eigenvalue weighted by molar-refractivity contribution is 0.0791. The van der Waals surface area contributed by atoms with Crippen LogP contribution < -0.4 is 5.73 Å². The normalized spacial score (nSPS) is 19.1. The average molecular weight is 319 g/mol. The Morgan fingerprint density at radius 2 is 1.95 bits per heavy atom. The van der Waals surface area contributed by atoms with Crippen molar-refractivity contribution >= 4 is 32.6 Å². The molecule has 1 aliphatic heterocycles. The van der Waals surface area contributed by atoms with Crippen LogP contribution in [0, 0.1) is 0 Å². The summed E-state index contributed by atoms with van der Waals surface area (Å²) in [7, 11) is 0. The molecule has 1 saturated heterocycles. The molecular formula is C15H15BrN2O. The lowest BCUT2D eigenvalue weighted by atomic mass is 10.1. The van der Waals surface area contributed by atoms with E-state index in [1.54, 1.807) is 0 Å². The Hall–Kier alpha value is -1.39. The highest BCUT2D eigenvalue weighted by Gasteiger charge is 2.24. The van der Waals surface area contributed by atoms with E-state index in [1.165, 1.54) is 0 Å². The smallest absolute Gasteiger partial charge is 0.253 e. The first-order valence-corrected chi connectivity index (χ1v) is 7.17. The van der Waals surface area contributed by atoms with E-state index >= 15 is 0 Å². The lowest BCUT2D eigenvalue weighted by Gasteiger charge is -2.16. The molecule has 19 heavy (non-hydrogen) atoms. The second kappa shape index (κ2) is 4.94. The fourth-order valence-electron chi connectivity index (χ4n) is 2.50. The molecule has 1 unspecified atom stereocenters. The predicted molar refractivity (Wildman–Crippen MR) is 80.1 cm³/mol. The molecule has 2 N–H and O–H groups in total. The Morgan fingerprint density at radius 1 is 1.21 bits per heavy atom. The average Bonchev–Trinajstić information content (AvgIpc) is 2.84. The van der Waals surface area contributed by atoms with Gasteiger partial charge in [0.2, 0.25) is 0 Å². The maximum atomic E-state index is 12.4. The van der Waals surface area contributed by atoms with E-state index in [0.29, 0.717) is 6.54 Å². The number of nitrogens with zero attached hydrogens (tertiary/aromatic N) is 1. The van der Waals surface area contributed by atoms with Gasteiger partial charge in [-0.05, 0) is 41.5 Å². The van der Waals surface area contributed by atoms with E-state index in [-0.39, 0.29) is 11.9 Å². The lowest BCUT2D eigenvalue weighted by Crippen LogP contribution is -2.31. The number of hydrogen-bond donors (Lipinski definition) is 1. The quantitative estimate of drug-likeness (QED) is 0.878. The standard InChI is InChI=1S/C15H15BrN2O/c16-13-4-3-10-7-12(2-1-11(10)8-13)15(19)18-6-5-14(17)9-18/h1-4,7-8,14H,5-6,9,17H2. The SMILES string of the molecule is NC1CCN(C(=O)c2ccc3cc(Br)ccc3c2)C1. The maximum Gasteiger partial charge on any atom is 0.253 e. The highest BCUT2D eigenvalue weighted by atomic mass is 79.9. The van der Waals surface area contributed by atoms with Gasteiger partial charge in [-0.3, -0.25) is 4.79 Å². The number of benzene rings is 2. The molecule has 98 valence electrons. The summed E-state index contributed by atoms with van der Waals surface area (Å²) < 4.78 is 1.05. The third-order valence-corrected chi connectivity index (χ3v) is 4.05. The van der Waals surface area contributed by atoms with Crippen molar-refractivity contribution in [3.63, 3.8) is 0 Å². The summed E-state index contributed by atoms with van der Waals surface area (Å²) in [5, 5.41) is 2.21. The van der Waals surface area contributed by atoms with E-state index in [1.807, 2.05) is 35.2 Å². The van der Waals surface area contributed by atoms with Crippen LogP contribution in [0.2, 0.25) is 0 Å². The first-order chi connectivity index (χ1) is 9.13. The van der Waals surface area contributed by atoms with Gasteiger partial charge in [-0.25, -0.2) is 0 Å². The Labute approximate surface area is 120 Å². The van der Waals surface area contributed by atoms with E-state index in [4.69, 9.17) is 5.73 Å². The summed E-state index contributed by atoms with van der Waals surface area (Å²) in [4.78, 5) is 14.2. The van der Waals surface area contributed by atoms with Crippen LogP contribution in [0.25, 0.3) is 10.8 Å². The van der Waals surface area contributed by atoms with Crippen LogP contribution in [0.1, 0.15) is 16.8 Å². The fraction of sp³-hybridized carbons (Fsp3) is 0.267. The zero-order valence-corrected chi connectivity index (χ0v) is 12.1. The minimum absolute atomic E-state index is 0.0813. The minimum atomic E-state index is 0.0813. The van der Waals surface area contributed by atoms with E-state index < -0.39 is 0 Å². The molecule has 2 aromatic carbocycles. The summed E-state index contributed by atoms with van der Waals surface area (Å²) in [5.74, 6) is 0.0813. The van der Waals surface area contributed by atoms with Crippen LogP contribution >= 0.6 is 15.9 Å². The van der Waals surface area contributed by atoms with Crippen molar-refractivity contribution < 1.29 is 4.79 Å². The Bertz CT molecular complexity index is 641. The molecular weight excluding hydrogens is 304 g/mol. The molecule has 0 aromatic heterocycles. The van der Waals surface area contributed by atoms with Gasteiger partial charge in [0.05, 0.1) is 0 Å². The number of nitrogens with two attached hydrogens (primary N) is 1. The van der Waals surface area contributed by atoms with Gasteiger partial charge in [0.15, 0.2) is 0 Å². The fourth-order valence-corrected chi connectivity index (χ4v) is 2.88. The van der Waals surface area contributed by atoms with Crippen molar-refractivity contribution in [3.05, 3.63) is 46.4 Å². The number of likely N-dealkylation sites (tertiary alicyclic amines) is 1. The molecule has 1 fully saturated rings. The molecule has 2 aromatic rings. The highest BCUT2D eigenvalue weighted by molar-refractivity contribution is 9.10. The number of carbonyl (C=O) groups excluding carboxylic acids is 1. The molecule has 0 bridgehead atoms. The minimum Gasteiger partial charge on any atom is -0.337 e. The predicted octanol–water partition coefficient (Wildman–Crippen LogP) is 2.78. The second-order valence-corrected chi connectivity index (χ2v) is 5.92. The van der Waals surface area contributed by atoms with E-state index in [0.717, 1.165) is 33.8 Å². The molecule has 1 heterocycles. The molecule has 0 spiro atoms. The number of halogens is 1. The molecule has 1 amide bonds. The summed E-state index contributed by atoms with van der Waals surface area (Å²) >= 11 is 3.45. The zero-order valence-electron chi connectivity index (χ0n) is 10.5.